The molecule has 10 heteroatoms. The number of pyridine rings is 1. The van der Waals surface area contributed by atoms with Gasteiger partial charge in [-0.3, -0.25) is 4.68 Å². The highest BCUT2D eigenvalue weighted by Crippen LogP contribution is 2.58. The summed E-state index contributed by atoms with van der Waals surface area (Å²) >= 11 is 0. The summed E-state index contributed by atoms with van der Waals surface area (Å²) in [5.41, 5.74) is 6.14. The average Bonchev–Trinajstić information content (AvgIpc) is 3.03. The lowest BCUT2D eigenvalue weighted by Gasteiger charge is -2.21. The maximum atomic E-state index is 13.2. The molecule has 2 N–H and O–H groups in total. The second-order valence-corrected chi connectivity index (χ2v) is 8.84. The number of anilines is 1. The fourth-order valence-corrected chi connectivity index (χ4v) is 4.45. The van der Waals surface area contributed by atoms with Gasteiger partial charge < -0.3 is 15.4 Å². The Kier molecular flexibility index (Phi) is 5.13. The first-order valence-corrected chi connectivity index (χ1v) is 10.4. The van der Waals surface area contributed by atoms with Gasteiger partial charge in [0.25, 0.3) is 0 Å². The van der Waals surface area contributed by atoms with Crippen molar-refractivity contribution in [3.63, 3.8) is 0 Å². The number of alkyl halides is 3. The Morgan fingerprint density at radius 2 is 1.84 bits per heavy atom. The second-order valence-electron chi connectivity index (χ2n) is 8.84. The molecule has 31 heavy (non-hydrogen) atoms. The predicted octanol–water partition coefficient (Wildman–Crippen LogP) is 4.32. The third-order valence-corrected chi connectivity index (χ3v) is 5.90. The van der Waals surface area contributed by atoms with Gasteiger partial charge in [-0.05, 0) is 51.7 Å². The van der Waals surface area contributed by atoms with Gasteiger partial charge in [0.2, 0.25) is 0 Å². The molecule has 1 aliphatic heterocycles. The molecule has 0 aromatic carbocycles. The van der Waals surface area contributed by atoms with Crippen LogP contribution in [0.25, 0.3) is 11.3 Å². The average molecular weight is 437 g/mol. The molecule has 0 bridgehead atoms. The fraction of sp³-hybridized carbons (Fsp3) is 0.571. The van der Waals surface area contributed by atoms with Crippen LogP contribution in [0.1, 0.15) is 50.9 Å². The van der Waals surface area contributed by atoms with E-state index in [4.69, 9.17) is 10.5 Å². The summed E-state index contributed by atoms with van der Waals surface area (Å²) in [6.07, 6.45) is -3.73. The fourth-order valence-electron chi connectivity index (χ4n) is 4.45. The molecule has 1 amide bonds. The van der Waals surface area contributed by atoms with E-state index in [9.17, 15) is 18.0 Å². The van der Waals surface area contributed by atoms with Crippen molar-refractivity contribution < 1.29 is 22.7 Å². The molecule has 7 nitrogen and oxygen atoms in total. The minimum absolute atomic E-state index is 0.0379. The van der Waals surface area contributed by atoms with Crippen LogP contribution in [0, 0.1) is 11.8 Å². The number of nitrogens with zero attached hydrogens (tertiary/aromatic N) is 4. The van der Waals surface area contributed by atoms with E-state index in [0.717, 1.165) is 11.8 Å². The van der Waals surface area contributed by atoms with E-state index in [1.165, 1.54) is 6.20 Å². The van der Waals surface area contributed by atoms with E-state index in [0.29, 0.717) is 30.6 Å². The molecule has 168 valence electrons. The van der Waals surface area contributed by atoms with Gasteiger partial charge in [0, 0.05) is 42.5 Å². The molecule has 4 rings (SSSR count). The highest BCUT2D eigenvalue weighted by Gasteiger charge is 2.59. The monoisotopic (exact) mass is 437 g/mol. The van der Waals surface area contributed by atoms with Crippen molar-refractivity contribution in [2.24, 2.45) is 11.8 Å². The summed E-state index contributed by atoms with van der Waals surface area (Å²) in [4.78, 5) is 17.6. The third-order valence-electron chi connectivity index (χ3n) is 5.90. The standard InChI is InChI=1S/C21H26F3N5O2/c1-10(2)29-17(18-13-8-28(9-14(13)18)20(30)31-11(3)4)6-16(27-29)12-5-15(21(22,23)24)19(25)26-7-12/h5-7,10-11,13-14,18H,8-9H2,1-4H3,(H2,25,26)/t13-,14+,18+. The summed E-state index contributed by atoms with van der Waals surface area (Å²) < 4.78 is 46.9. The number of hydrogen-bond donors (Lipinski definition) is 1. The number of nitrogens with two attached hydrogens (primary N) is 1. The first-order chi connectivity index (χ1) is 14.5. The molecule has 2 aromatic rings. The van der Waals surface area contributed by atoms with Crippen LogP contribution in [0.3, 0.4) is 0 Å². The zero-order valence-corrected chi connectivity index (χ0v) is 17.8. The smallest absolute Gasteiger partial charge is 0.419 e. The van der Waals surface area contributed by atoms with Crippen LogP contribution in [-0.2, 0) is 10.9 Å². The van der Waals surface area contributed by atoms with Crippen molar-refractivity contribution in [3.05, 3.63) is 29.6 Å². The lowest BCUT2D eigenvalue weighted by molar-refractivity contribution is -0.137. The van der Waals surface area contributed by atoms with Gasteiger partial charge in [0.15, 0.2) is 0 Å². The maximum Gasteiger partial charge on any atom is 0.419 e. The van der Waals surface area contributed by atoms with Crippen molar-refractivity contribution in [2.75, 3.05) is 18.8 Å². The number of rotatable bonds is 4. The Balaban J connectivity index is 1.58. The van der Waals surface area contributed by atoms with Crippen LogP contribution in [0.4, 0.5) is 23.8 Å². The van der Waals surface area contributed by atoms with Crippen LogP contribution in [0.2, 0.25) is 0 Å². The number of likely N-dealkylation sites (tertiary alicyclic amines) is 1. The Morgan fingerprint density at radius 3 is 2.39 bits per heavy atom. The number of carbonyl (C=O) groups excluding carboxylic acids is 1. The summed E-state index contributed by atoms with van der Waals surface area (Å²) in [7, 11) is 0. The molecule has 0 unspecified atom stereocenters. The number of halogens is 3. The summed E-state index contributed by atoms with van der Waals surface area (Å²) in [5.74, 6) is 0.273. The Labute approximate surface area is 178 Å². The van der Waals surface area contributed by atoms with E-state index in [1.807, 2.05) is 38.4 Å². The van der Waals surface area contributed by atoms with Crippen molar-refractivity contribution in [3.8, 4) is 11.3 Å². The Morgan fingerprint density at radius 1 is 1.19 bits per heavy atom. The van der Waals surface area contributed by atoms with Gasteiger partial charge in [0.05, 0.1) is 17.4 Å². The van der Waals surface area contributed by atoms with Gasteiger partial charge in [-0.1, -0.05) is 0 Å². The van der Waals surface area contributed by atoms with Crippen LogP contribution in [0.15, 0.2) is 18.3 Å². The zero-order chi connectivity index (χ0) is 22.7. The lowest BCUT2D eigenvalue weighted by atomic mass is 10.1. The molecule has 0 radical (unpaired) electrons. The quantitative estimate of drug-likeness (QED) is 0.770. The van der Waals surface area contributed by atoms with Crippen LogP contribution in [-0.4, -0.2) is 45.0 Å². The Hall–Kier alpha value is -2.78. The minimum Gasteiger partial charge on any atom is -0.447 e. The zero-order valence-electron chi connectivity index (χ0n) is 17.8. The first kappa shape index (κ1) is 21.5. The number of aromatic nitrogens is 3. The van der Waals surface area contributed by atoms with Crippen LogP contribution < -0.4 is 5.73 Å². The first-order valence-electron chi connectivity index (χ1n) is 10.4. The number of nitrogen functional groups attached to an aromatic ring is 1. The molecule has 2 fully saturated rings. The number of piperidine rings is 1. The topological polar surface area (TPSA) is 86.3 Å². The summed E-state index contributed by atoms with van der Waals surface area (Å²) in [6, 6.07) is 2.87. The largest absolute Gasteiger partial charge is 0.447 e. The van der Waals surface area contributed by atoms with E-state index in [2.05, 4.69) is 10.1 Å². The van der Waals surface area contributed by atoms with E-state index < -0.39 is 17.6 Å². The number of amides is 1. The molecule has 3 atom stereocenters. The van der Waals surface area contributed by atoms with Crippen LogP contribution in [0.5, 0.6) is 0 Å². The molecular formula is C21H26F3N5O2. The van der Waals surface area contributed by atoms with Crippen LogP contribution >= 0.6 is 0 Å². The van der Waals surface area contributed by atoms with E-state index in [-0.39, 0.29) is 29.7 Å². The highest BCUT2D eigenvalue weighted by atomic mass is 19.4. The van der Waals surface area contributed by atoms with Crippen molar-refractivity contribution in [2.45, 2.75) is 51.9 Å². The van der Waals surface area contributed by atoms with E-state index >= 15 is 0 Å². The summed E-state index contributed by atoms with van der Waals surface area (Å²) in [6.45, 7) is 8.81. The number of ether oxygens (including phenoxy) is 1. The van der Waals surface area contributed by atoms with E-state index in [1.54, 1.807) is 4.90 Å². The number of hydrogen-bond acceptors (Lipinski definition) is 5. The molecule has 1 saturated heterocycles. The SMILES string of the molecule is CC(C)OC(=O)N1C[C@@H]2[C@H](C1)[C@H]2c1cc(-c2cnc(N)c(C(F)(F)F)c2)nn1C(C)C. The number of fused-ring (bicyclic) bond motifs is 1. The van der Waals surface area contributed by atoms with Gasteiger partial charge in [-0.15, -0.1) is 0 Å². The molecule has 2 aliphatic rings. The van der Waals surface area contributed by atoms with Crippen molar-refractivity contribution in [1.82, 2.24) is 19.7 Å². The highest BCUT2D eigenvalue weighted by molar-refractivity contribution is 5.69. The van der Waals surface area contributed by atoms with Gasteiger partial charge in [0.1, 0.15) is 5.82 Å². The second kappa shape index (κ2) is 7.42. The maximum absolute atomic E-state index is 13.2. The normalized spacial score (nSPS) is 22.9. The summed E-state index contributed by atoms with van der Waals surface area (Å²) in [5, 5.41) is 4.58. The molecule has 1 saturated carbocycles. The van der Waals surface area contributed by atoms with Gasteiger partial charge in [-0.25, -0.2) is 9.78 Å². The van der Waals surface area contributed by atoms with Crippen molar-refractivity contribution >= 4 is 11.9 Å². The minimum atomic E-state index is -4.59. The third kappa shape index (κ3) is 3.95. The van der Waals surface area contributed by atoms with Gasteiger partial charge in [-0.2, -0.15) is 18.3 Å². The molecule has 2 aromatic heterocycles. The lowest BCUT2D eigenvalue weighted by Crippen LogP contribution is -2.33. The Bertz CT molecular complexity index is 989. The van der Waals surface area contributed by atoms with Crippen molar-refractivity contribution in [1.29, 1.82) is 0 Å². The number of carbonyl (C=O) groups is 1. The molecule has 1 aliphatic carbocycles. The molecule has 3 heterocycles. The molecular weight excluding hydrogens is 411 g/mol. The molecule has 0 spiro atoms. The predicted molar refractivity (Wildman–Crippen MR) is 108 cm³/mol. The van der Waals surface area contributed by atoms with Gasteiger partial charge >= 0.3 is 12.3 Å².